The number of benzene rings is 1. The van der Waals surface area contributed by atoms with Crippen molar-refractivity contribution in [1.29, 1.82) is 0 Å². The molecular weight excluding hydrogens is 370 g/mol. The van der Waals surface area contributed by atoms with E-state index in [0.29, 0.717) is 31.1 Å². The van der Waals surface area contributed by atoms with Crippen LogP contribution in [0.3, 0.4) is 0 Å². The molecule has 0 bridgehead atoms. The van der Waals surface area contributed by atoms with E-state index in [2.05, 4.69) is 17.0 Å². The van der Waals surface area contributed by atoms with Crippen LogP contribution >= 0.6 is 0 Å². The van der Waals surface area contributed by atoms with E-state index in [1.54, 1.807) is 26.0 Å². The third kappa shape index (κ3) is 8.57. The van der Waals surface area contributed by atoms with Crippen molar-refractivity contribution in [3.8, 4) is 5.75 Å². The second kappa shape index (κ2) is 11.8. The summed E-state index contributed by atoms with van der Waals surface area (Å²) in [5.41, 5.74) is 0.456. The first-order valence-corrected chi connectivity index (χ1v) is 11.0. The Balaban J connectivity index is 2.40. The van der Waals surface area contributed by atoms with E-state index in [0.717, 1.165) is 32.1 Å². The molecule has 0 aliphatic rings. The first-order chi connectivity index (χ1) is 12.8. The summed E-state index contributed by atoms with van der Waals surface area (Å²) in [6.45, 7) is 6.86. The fraction of sp³-hybridized carbons (Fsp3) is 0.667. The third-order valence-electron chi connectivity index (χ3n) is 4.03. The molecule has 0 spiro atoms. The van der Waals surface area contributed by atoms with Crippen LogP contribution in [0.5, 0.6) is 5.75 Å². The second-order valence-electron chi connectivity index (χ2n) is 6.61. The molecular formula is C18H31N3O5S. The molecule has 0 aliphatic heterocycles. The number of hydrogen-bond acceptors (Lipinski definition) is 6. The van der Waals surface area contributed by atoms with Gasteiger partial charge < -0.3 is 10.1 Å². The molecule has 2 N–H and O–H groups in total. The highest BCUT2D eigenvalue weighted by Gasteiger charge is 2.15. The quantitative estimate of drug-likeness (QED) is 0.279. The molecule has 9 heteroatoms. The Morgan fingerprint density at radius 2 is 1.85 bits per heavy atom. The third-order valence-corrected chi connectivity index (χ3v) is 5.87. The summed E-state index contributed by atoms with van der Waals surface area (Å²) in [6.07, 6.45) is 4.23. The van der Waals surface area contributed by atoms with Gasteiger partial charge in [-0.3, -0.25) is 10.1 Å². The summed E-state index contributed by atoms with van der Waals surface area (Å²) in [6, 6.07) is 4.83. The normalized spacial score (nSPS) is 11.6. The van der Waals surface area contributed by atoms with Gasteiger partial charge in [0.1, 0.15) is 11.4 Å². The maximum Gasteiger partial charge on any atom is 0.296 e. The summed E-state index contributed by atoms with van der Waals surface area (Å²) in [5, 5.41) is 13.9. The SMILES string of the molecule is CCCCOc1ccc(NCCCCCNS(=O)(=O)C(C)C)c([N+](=O)[O-])c1. The van der Waals surface area contributed by atoms with Crippen molar-refractivity contribution in [3.05, 3.63) is 28.3 Å². The lowest BCUT2D eigenvalue weighted by molar-refractivity contribution is -0.384. The van der Waals surface area contributed by atoms with Crippen molar-refractivity contribution in [2.45, 2.75) is 58.1 Å². The standard InChI is InChI=1S/C18H31N3O5S/c1-4-5-13-26-16-9-10-17(18(14-16)21(22)23)19-11-7-6-8-12-20-27(24,25)15(2)3/h9-10,14-15,19-20H,4-8,11-13H2,1-3H3. The van der Waals surface area contributed by atoms with Gasteiger partial charge in [-0.15, -0.1) is 0 Å². The van der Waals surface area contributed by atoms with Gasteiger partial charge in [-0.05, 0) is 45.2 Å². The fourth-order valence-corrected chi connectivity index (χ4v) is 3.03. The maximum absolute atomic E-state index is 11.6. The van der Waals surface area contributed by atoms with Gasteiger partial charge in [0.2, 0.25) is 10.0 Å². The Hall–Kier alpha value is -1.87. The number of rotatable bonds is 14. The van der Waals surface area contributed by atoms with E-state index >= 15 is 0 Å². The zero-order valence-electron chi connectivity index (χ0n) is 16.4. The van der Waals surface area contributed by atoms with Crippen molar-refractivity contribution >= 4 is 21.4 Å². The van der Waals surface area contributed by atoms with Gasteiger partial charge >= 0.3 is 0 Å². The Labute approximate surface area is 161 Å². The van der Waals surface area contributed by atoms with Crippen molar-refractivity contribution in [3.63, 3.8) is 0 Å². The molecule has 0 aromatic heterocycles. The van der Waals surface area contributed by atoms with Crippen LogP contribution < -0.4 is 14.8 Å². The molecule has 0 saturated heterocycles. The average Bonchev–Trinajstić information content (AvgIpc) is 2.61. The minimum absolute atomic E-state index is 0.00584. The highest BCUT2D eigenvalue weighted by Crippen LogP contribution is 2.29. The van der Waals surface area contributed by atoms with Gasteiger partial charge in [0, 0.05) is 13.1 Å². The Bertz CT molecular complexity index is 692. The van der Waals surface area contributed by atoms with Crippen molar-refractivity contribution in [1.82, 2.24) is 4.72 Å². The summed E-state index contributed by atoms with van der Waals surface area (Å²) < 4.78 is 31.3. The number of hydrogen-bond donors (Lipinski definition) is 2. The summed E-state index contributed by atoms with van der Waals surface area (Å²) >= 11 is 0. The summed E-state index contributed by atoms with van der Waals surface area (Å²) in [4.78, 5) is 10.9. The molecule has 0 radical (unpaired) electrons. The topological polar surface area (TPSA) is 111 Å². The van der Waals surface area contributed by atoms with Crippen LogP contribution in [0.1, 0.15) is 52.9 Å². The molecule has 0 atom stereocenters. The van der Waals surface area contributed by atoms with E-state index in [4.69, 9.17) is 4.74 Å². The van der Waals surface area contributed by atoms with E-state index in [1.807, 2.05) is 0 Å². The van der Waals surface area contributed by atoms with Crippen LogP contribution in [0.4, 0.5) is 11.4 Å². The smallest absolute Gasteiger partial charge is 0.296 e. The molecule has 1 aromatic carbocycles. The number of nitro groups is 1. The van der Waals surface area contributed by atoms with E-state index in [-0.39, 0.29) is 5.69 Å². The lowest BCUT2D eigenvalue weighted by Gasteiger charge is -2.11. The van der Waals surface area contributed by atoms with Crippen LogP contribution in [0, 0.1) is 10.1 Å². The van der Waals surface area contributed by atoms with Gasteiger partial charge in [0.25, 0.3) is 5.69 Å². The Morgan fingerprint density at radius 1 is 1.15 bits per heavy atom. The number of sulfonamides is 1. The van der Waals surface area contributed by atoms with Gasteiger partial charge in [-0.2, -0.15) is 0 Å². The first-order valence-electron chi connectivity index (χ1n) is 9.41. The number of anilines is 1. The molecule has 0 unspecified atom stereocenters. The van der Waals surface area contributed by atoms with Crippen molar-refractivity contribution in [2.24, 2.45) is 0 Å². The molecule has 27 heavy (non-hydrogen) atoms. The second-order valence-corrected chi connectivity index (χ2v) is 8.94. The minimum atomic E-state index is -3.21. The number of ether oxygens (including phenoxy) is 1. The van der Waals surface area contributed by atoms with Crippen LogP contribution in [0.15, 0.2) is 18.2 Å². The number of unbranched alkanes of at least 4 members (excludes halogenated alkanes) is 3. The molecule has 8 nitrogen and oxygen atoms in total. The van der Waals surface area contributed by atoms with Crippen LogP contribution in [0.2, 0.25) is 0 Å². The van der Waals surface area contributed by atoms with Crippen LogP contribution in [-0.4, -0.2) is 38.3 Å². The highest BCUT2D eigenvalue weighted by molar-refractivity contribution is 7.90. The predicted molar refractivity (Wildman–Crippen MR) is 108 cm³/mol. The zero-order chi connectivity index (χ0) is 20.3. The maximum atomic E-state index is 11.6. The number of nitrogens with one attached hydrogen (secondary N) is 2. The molecule has 0 aliphatic carbocycles. The lowest BCUT2D eigenvalue weighted by atomic mass is 10.2. The highest BCUT2D eigenvalue weighted by atomic mass is 32.2. The average molecular weight is 402 g/mol. The lowest BCUT2D eigenvalue weighted by Crippen LogP contribution is -2.31. The number of nitro benzene ring substituents is 1. The summed E-state index contributed by atoms with van der Waals surface area (Å²) in [5.74, 6) is 0.498. The number of nitrogens with zero attached hydrogens (tertiary/aromatic N) is 1. The van der Waals surface area contributed by atoms with E-state index in [9.17, 15) is 18.5 Å². The van der Waals surface area contributed by atoms with E-state index < -0.39 is 20.2 Å². The van der Waals surface area contributed by atoms with Gasteiger partial charge in [-0.1, -0.05) is 19.8 Å². The molecule has 0 heterocycles. The van der Waals surface area contributed by atoms with E-state index in [1.165, 1.54) is 6.07 Å². The largest absolute Gasteiger partial charge is 0.493 e. The van der Waals surface area contributed by atoms with Gasteiger partial charge in [0.15, 0.2) is 0 Å². The van der Waals surface area contributed by atoms with Crippen molar-refractivity contribution in [2.75, 3.05) is 25.0 Å². The Kier molecular flexibility index (Phi) is 10.1. The summed E-state index contributed by atoms with van der Waals surface area (Å²) in [7, 11) is -3.21. The first kappa shape index (κ1) is 23.2. The minimum Gasteiger partial charge on any atom is -0.493 e. The molecule has 154 valence electrons. The molecule has 0 saturated carbocycles. The fourth-order valence-electron chi connectivity index (χ4n) is 2.27. The van der Waals surface area contributed by atoms with Crippen LogP contribution in [-0.2, 0) is 10.0 Å². The van der Waals surface area contributed by atoms with Gasteiger partial charge in [0.05, 0.1) is 22.8 Å². The molecule has 1 aromatic rings. The van der Waals surface area contributed by atoms with Gasteiger partial charge in [-0.25, -0.2) is 13.1 Å². The van der Waals surface area contributed by atoms with Crippen molar-refractivity contribution < 1.29 is 18.1 Å². The monoisotopic (exact) mass is 401 g/mol. The zero-order valence-corrected chi connectivity index (χ0v) is 17.2. The van der Waals surface area contributed by atoms with Crippen LogP contribution in [0.25, 0.3) is 0 Å². The molecule has 0 fully saturated rings. The Morgan fingerprint density at radius 3 is 2.48 bits per heavy atom. The molecule has 0 amide bonds. The molecule has 1 rings (SSSR count). The predicted octanol–water partition coefficient (Wildman–Crippen LogP) is 3.68.